The summed E-state index contributed by atoms with van der Waals surface area (Å²) in [5, 5.41) is 0. The molecule has 0 amide bonds. The second-order valence-corrected chi connectivity index (χ2v) is 10.6. The Hall–Kier alpha value is 0.01000. The van der Waals surface area contributed by atoms with E-state index < -0.39 is 10.0 Å². The molecule has 0 saturated carbocycles. The van der Waals surface area contributed by atoms with Gasteiger partial charge in [-0.1, -0.05) is 0 Å². The van der Waals surface area contributed by atoms with Crippen LogP contribution in [0.15, 0.2) is 15.9 Å². The first-order chi connectivity index (χ1) is 10.4. The highest BCUT2D eigenvalue weighted by atomic mass is 79.9. The second-order valence-electron chi connectivity index (χ2n) is 5.78. The minimum atomic E-state index is -3.05. The lowest BCUT2D eigenvalue weighted by Crippen LogP contribution is -2.46. The Bertz CT molecular complexity index is 566. The molecule has 0 unspecified atom stereocenters. The van der Waals surface area contributed by atoms with E-state index in [2.05, 4.69) is 37.9 Å². The Morgan fingerprint density at radius 1 is 1.18 bits per heavy atom. The van der Waals surface area contributed by atoms with Gasteiger partial charge >= 0.3 is 0 Å². The van der Waals surface area contributed by atoms with Crippen molar-refractivity contribution < 1.29 is 8.42 Å². The van der Waals surface area contributed by atoms with E-state index >= 15 is 0 Å². The molecular formula is C14H24BrN3O2S2. The molecule has 2 heterocycles. The van der Waals surface area contributed by atoms with Crippen molar-refractivity contribution in [1.29, 1.82) is 0 Å². The molecule has 0 radical (unpaired) electrons. The molecule has 0 N–H and O–H groups in total. The van der Waals surface area contributed by atoms with Gasteiger partial charge in [0.1, 0.15) is 0 Å². The average molecular weight is 410 g/mol. The van der Waals surface area contributed by atoms with Crippen LogP contribution >= 0.6 is 27.3 Å². The summed E-state index contributed by atoms with van der Waals surface area (Å²) in [6.45, 7) is 6.03. The molecule has 1 aromatic rings. The molecule has 5 nitrogen and oxygen atoms in total. The number of hydrogen-bond acceptors (Lipinski definition) is 5. The predicted molar refractivity (Wildman–Crippen MR) is 95.8 cm³/mol. The first-order valence-corrected chi connectivity index (χ1v) is 10.7. The van der Waals surface area contributed by atoms with Gasteiger partial charge < -0.3 is 4.90 Å². The third kappa shape index (κ3) is 5.58. The van der Waals surface area contributed by atoms with E-state index in [9.17, 15) is 8.42 Å². The Morgan fingerprint density at radius 2 is 1.82 bits per heavy atom. The largest absolute Gasteiger partial charge is 0.301 e. The van der Waals surface area contributed by atoms with Gasteiger partial charge in [0.25, 0.3) is 0 Å². The molecule has 1 aliphatic rings. The van der Waals surface area contributed by atoms with E-state index in [1.54, 1.807) is 25.4 Å². The van der Waals surface area contributed by atoms with Gasteiger partial charge in [-0.2, -0.15) is 0 Å². The van der Waals surface area contributed by atoms with Gasteiger partial charge in [0.05, 0.1) is 9.54 Å². The Morgan fingerprint density at radius 3 is 2.36 bits per heavy atom. The molecule has 0 aliphatic carbocycles. The summed E-state index contributed by atoms with van der Waals surface area (Å²) in [4.78, 5) is 6.22. The van der Waals surface area contributed by atoms with Gasteiger partial charge in [0.2, 0.25) is 10.0 Å². The zero-order valence-corrected chi connectivity index (χ0v) is 16.4. The number of piperazine rings is 1. The van der Waals surface area contributed by atoms with Gasteiger partial charge in [-0.3, -0.25) is 4.90 Å². The smallest absolute Gasteiger partial charge is 0.213 e. The van der Waals surface area contributed by atoms with E-state index in [4.69, 9.17) is 0 Å². The summed E-state index contributed by atoms with van der Waals surface area (Å²) in [5.74, 6) is 0.240. The van der Waals surface area contributed by atoms with Crippen LogP contribution in [0.3, 0.4) is 0 Å². The fourth-order valence-electron chi connectivity index (χ4n) is 2.48. The van der Waals surface area contributed by atoms with Crippen molar-refractivity contribution in [2.24, 2.45) is 0 Å². The third-order valence-corrected chi connectivity index (χ3v) is 7.43. The second kappa shape index (κ2) is 8.21. The molecule has 126 valence electrons. The average Bonchev–Trinajstić information content (AvgIpc) is 2.86. The lowest BCUT2D eigenvalue weighted by molar-refractivity contribution is 0.128. The number of hydrogen-bond donors (Lipinski definition) is 0. The molecule has 0 bridgehead atoms. The maximum Gasteiger partial charge on any atom is 0.213 e. The highest BCUT2D eigenvalue weighted by molar-refractivity contribution is 9.11. The van der Waals surface area contributed by atoms with Crippen LogP contribution in [0.25, 0.3) is 0 Å². The van der Waals surface area contributed by atoms with Crippen molar-refractivity contribution >= 4 is 37.3 Å². The fourth-order valence-corrected chi connectivity index (χ4v) is 4.87. The monoisotopic (exact) mass is 409 g/mol. The van der Waals surface area contributed by atoms with Crippen molar-refractivity contribution in [3.8, 4) is 0 Å². The molecule has 1 aromatic heterocycles. The summed E-state index contributed by atoms with van der Waals surface area (Å²) in [6, 6.07) is 4.27. The van der Waals surface area contributed by atoms with Gasteiger partial charge in [-0.25, -0.2) is 12.7 Å². The van der Waals surface area contributed by atoms with Gasteiger partial charge in [0, 0.05) is 51.7 Å². The zero-order chi connectivity index (χ0) is 16.2. The van der Waals surface area contributed by atoms with Gasteiger partial charge in [-0.15, -0.1) is 11.3 Å². The molecular weight excluding hydrogens is 386 g/mol. The van der Waals surface area contributed by atoms with Crippen LogP contribution in [0, 0.1) is 0 Å². The quantitative estimate of drug-likeness (QED) is 0.689. The van der Waals surface area contributed by atoms with E-state index in [0.29, 0.717) is 6.42 Å². The summed E-state index contributed by atoms with van der Waals surface area (Å²) in [6.07, 6.45) is 0.707. The van der Waals surface area contributed by atoms with Crippen LogP contribution in [0.5, 0.6) is 0 Å². The lowest BCUT2D eigenvalue weighted by atomic mass is 10.3. The molecule has 1 fully saturated rings. The molecule has 1 aliphatic heterocycles. The minimum Gasteiger partial charge on any atom is -0.301 e. The molecule has 8 heteroatoms. The molecule has 1 saturated heterocycles. The molecule has 2 rings (SSSR count). The summed E-state index contributed by atoms with van der Waals surface area (Å²) in [5.41, 5.74) is 0. The van der Waals surface area contributed by atoms with Crippen LogP contribution in [0.4, 0.5) is 0 Å². The maximum atomic E-state index is 11.7. The van der Waals surface area contributed by atoms with Crippen molar-refractivity contribution in [1.82, 2.24) is 14.1 Å². The summed E-state index contributed by atoms with van der Waals surface area (Å²) in [7, 11) is 0.134. The topological polar surface area (TPSA) is 43.9 Å². The van der Waals surface area contributed by atoms with E-state index in [1.807, 2.05) is 0 Å². The van der Waals surface area contributed by atoms with Crippen molar-refractivity contribution in [2.45, 2.75) is 13.0 Å². The van der Waals surface area contributed by atoms with Crippen LogP contribution in [-0.4, -0.2) is 75.1 Å². The van der Waals surface area contributed by atoms with E-state index in [-0.39, 0.29) is 5.75 Å². The fraction of sp³-hybridized carbons (Fsp3) is 0.714. The zero-order valence-electron chi connectivity index (χ0n) is 13.2. The molecule has 22 heavy (non-hydrogen) atoms. The van der Waals surface area contributed by atoms with Crippen LogP contribution < -0.4 is 0 Å². The van der Waals surface area contributed by atoms with E-state index in [0.717, 1.165) is 39.3 Å². The SMILES string of the molecule is CN(C)S(=O)(=O)CCCN1CCN(Cc2ccc(Br)s2)CC1. The standard InChI is InChI=1S/C14H24BrN3O2S2/c1-16(2)22(19,20)11-3-6-17-7-9-18(10-8-17)12-13-4-5-14(15)21-13/h4-5H,3,6-12H2,1-2H3. The molecule has 0 aromatic carbocycles. The highest BCUT2D eigenvalue weighted by Crippen LogP contribution is 2.23. The number of sulfonamides is 1. The first-order valence-electron chi connectivity index (χ1n) is 7.46. The highest BCUT2D eigenvalue weighted by Gasteiger charge is 2.19. The third-order valence-electron chi connectivity index (χ3n) is 3.91. The first kappa shape index (κ1) is 18.4. The van der Waals surface area contributed by atoms with E-state index in [1.165, 1.54) is 13.0 Å². The Labute approximate surface area is 146 Å². The maximum absolute atomic E-state index is 11.7. The molecule has 0 spiro atoms. The summed E-state index contributed by atoms with van der Waals surface area (Å²) < 4.78 is 25.9. The van der Waals surface area contributed by atoms with Gasteiger partial charge in [0.15, 0.2) is 0 Å². The normalized spacial score (nSPS) is 18.2. The summed E-state index contributed by atoms with van der Waals surface area (Å²) >= 11 is 5.29. The number of rotatable bonds is 7. The molecule has 0 atom stereocenters. The number of halogens is 1. The van der Waals surface area contributed by atoms with Crippen molar-refractivity contribution in [3.63, 3.8) is 0 Å². The van der Waals surface area contributed by atoms with Crippen LogP contribution in [-0.2, 0) is 16.6 Å². The van der Waals surface area contributed by atoms with Crippen molar-refractivity contribution in [2.75, 3.05) is 52.6 Å². The predicted octanol–water partition coefficient (Wildman–Crippen LogP) is 1.91. The van der Waals surface area contributed by atoms with Crippen molar-refractivity contribution in [3.05, 3.63) is 20.8 Å². The van der Waals surface area contributed by atoms with Crippen LogP contribution in [0.1, 0.15) is 11.3 Å². The lowest BCUT2D eigenvalue weighted by Gasteiger charge is -2.34. The van der Waals surface area contributed by atoms with Crippen LogP contribution in [0.2, 0.25) is 0 Å². The Kier molecular flexibility index (Phi) is 6.85. The number of nitrogens with zero attached hydrogens (tertiary/aromatic N) is 3. The minimum absolute atomic E-state index is 0.240. The Balaban J connectivity index is 1.67. The number of thiophene rings is 1. The van der Waals surface area contributed by atoms with Gasteiger partial charge in [-0.05, 0) is 41.0 Å².